The van der Waals surface area contributed by atoms with Gasteiger partial charge < -0.3 is 23.7 Å². The third kappa shape index (κ3) is 2.89. The van der Waals surface area contributed by atoms with Crippen LogP contribution in [-0.2, 0) is 38.1 Å². The van der Waals surface area contributed by atoms with E-state index >= 15 is 0 Å². The molecule has 0 N–H and O–H groups in total. The van der Waals surface area contributed by atoms with Gasteiger partial charge in [-0.1, -0.05) is 6.92 Å². The predicted molar refractivity (Wildman–Crippen MR) is 121 cm³/mol. The molecule has 9 atom stereocenters. The summed E-state index contributed by atoms with van der Waals surface area (Å²) in [6.45, 7) is 3.83. The number of carbonyl (C=O) groups is 4. The number of hydrogen-bond acceptors (Lipinski definition) is 8. The van der Waals surface area contributed by atoms with Crippen molar-refractivity contribution in [3.05, 3.63) is 11.3 Å². The zero-order valence-electron chi connectivity index (χ0n) is 20.7. The first-order valence-electron chi connectivity index (χ1n) is 13.0. The number of carbonyl (C=O) groups excluding carboxylic acids is 4. The van der Waals surface area contributed by atoms with Gasteiger partial charge in [0.1, 0.15) is 12.4 Å². The average molecular weight is 487 g/mol. The molecule has 35 heavy (non-hydrogen) atoms. The average Bonchev–Trinajstić information content (AvgIpc) is 3.58. The van der Waals surface area contributed by atoms with E-state index in [0.717, 1.165) is 31.1 Å². The van der Waals surface area contributed by atoms with E-state index < -0.39 is 16.4 Å². The standard InChI is InChI=1S/C27H34O8/c1-14(29)35-27-11-6-16-17(26(27,13-28)10-8-18-24(27)34-18)7-9-25(2)20(15-4-5-19(30)33-12-15)22(31)23(32-3)21(16)25/h13,15-18,20,24H,4-12H2,1-3H3/t15?,16-,17?,18?,20+,24-,25-,26+,27+/m1/s1. The number of allylic oxidation sites excluding steroid dienone is 2. The van der Waals surface area contributed by atoms with Crippen LogP contribution in [0.2, 0.25) is 0 Å². The van der Waals surface area contributed by atoms with Crippen LogP contribution in [0, 0.1) is 34.5 Å². The smallest absolute Gasteiger partial charge is 0.305 e. The Balaban J connectivity index is 1.41. The Hall–Kier alpha value is -2.22. The van der Waals surface area contributed by atoms with Gasteiger partial charge in [0, 0.05) is 30.6 Å². The number of aldehydes is 1. The Bertz CT molecular complexity index is 1020. The first-order valence-corrected chi connectivity index (χ1v) is 13.0. The highest BCUT2D eigenvalue weighted by molar-refractivity contribution is 6.00. The van der Waals surface area contributed by atoms with E-state index in [0.29, 0.717) is 37.9 Å². The Morgan fingerprint density at radius 3 is 2.57 bits per heavy atom. The lowest BCUT2D eigenvalue weighted by Gasteiger charge is -2.61. The molecule has 2 saturated heterocycles. The summed E-state index contributed by atoms with van der Waals surface area (Å²) in [5.41, 5.74) is -1.16. The van der Waals surface area contributed by atoms with Crippen LogP contribution in [0.15, 0.2) is 11.3 Å². The first kappa shape index (κ1) is 23.2. The van der Waals surface area contributed by atoms with Gasteiger partial charge in [0.25, 0.3) is 0 Å². The maximum atomic E-state index is 13.8. The molecule has 6 rings (SSSR count). The topological polar surface area (TPSA) is 108 Å². The van der Waals surface area contributed by atoms with Gasteiger partial charge in [0.15, 0.2) is 11.4 Å². The lowest BCUT2D eigenvalue weighted by atomic mass is 9.44. The molecular formula is C27H34O8. The normalized spacial score (nSPS) is 48.1. The quantitative estimate of drug-likeness (QED) is 0.339. The van der Waals surface area contributed by atoms with Crippen LogP contribution in [0.4, 0.5) is 0 Å². The largest absolute Gasteiger partial charge is 0.493 e. The molecule has 0 spiro atoms. The molecule has 6 aliphatic rings. The highest BCUT2D eigenvalue weighted by atomic mass is 16.6. The molecule has 0 bridgehead atoms. The minimum Gasteiger partial charge on any atom is -0.493 e. The minimum absolute atomic E-state index is 0.000177. The maximum Gasteiger partial charge on any atom is 0.305 e. The molecule has 5 fully saturated rings. The van der Waals surface area contributed by atoms with E-state index in [9.17, 15) is 19.2 Å². The lowest BCUT2D eigenvalue weighted by molar-refractivity contribution is -0.211. The SMILES string of the molecule is COC1=C2[C@@H]3CC[C@]4(OC(C)=O)[C@@H]5OC5CC[C@]4(C=O)C3CC[C@]2(C)[C@@H](C2CCC(=O)OC2)C1=O. The van der Waals surface area contributed by atoms with Crippen molar-refractivity contribution in [2.45, 2.75) is 83.0 Å². The van der Waals surface area contributed by atoms with Gasteiger partial charge in [-0.2, -0.15) is 0 Å². The van der Waals surface area contributed by atoms with Crippen LogP contribution in [0.25, 0.3) is 0 Å². The number of ketones is 1. The number of esters is 2. The second-order valence-corrected chi connectivity index (χ2v) is 11.8. The molecule has 0 aromatic heterocycles. The van der Waals surface area contributed by atoms with Crippen LogP contribution in [0.3, 0.4) is 0 Å². The molecule has 8 heteroatoms. The molecule has 3 saturated carbocycles. The van der Waals surface area contributed by atoms with Crippen molar-refractivity contribution in [2.75, 3.05) is 13.7 Å². The lowest BCUT2D eigenvalue weighted by Crippen LogP contribution is -2.67. The number of fused-ring (bicyclic) bond motifs is 7. The maximum absolute atomic E-state index is 13.8. The Morgan fingerprint density at radius 2 is 1.91 bits per heavy atom. The predicted octanol–water partition coefficient (Wildman–Crippen LogP) is 2.91. The van der Waals surface area contributed by atoms with Crippen LogP contribution in [-0.4, -0.2) is 55.5 Å². The number of methoxy groups -OCH3 is 1. The summed E-state index contributed by atoms with van der Waals surface area (Å²) in [4.78, 5) is 50.8. The molecule has 2 aliphatic heterocycles. The summed E-state index contributed by atoms with van der Waals surface area (Å²) in [7, 11) is 1.55. The summed E-state index contributed by atoms with van der Waals surface area (Å²) < 4.78 is 23.2. The van der Waals surface area contributed by atoms with Crippen molar-refractivity contribution in [3.63, 3.8) is 0 Å². The van der Waals surface area contributed by atoms with Crippen molar-refractivity contribution in [3.8, 4) is 0 Å². The van der Waals surface area contributed by atoms with Gasteiger partial charge in [-0.25, -0.2) is 0 Å². The van der Waals surface area contributed by atoms with E-state index in [4.69, 9.17) is 18.9 Å². The molecule has 2 heterocycles. The zero-order valence-corrected chi connectivity index (χ0v) is 20.7. The molecule has 0 amide bonds. The highest BCUT2D eigenvalue weighted by Crippen LogP contribution is 2.70. The van der Waals surface area contributed by atoms with Gasteiger partial charge in [-0.05, 0) is 62.4 Å². The van der Waals surface area contributed by atoms with E-state index in [2.05, 4.69) is 6.92 Å². The summed E-state index contributed by atoms with van der Waals surface area (Å²) in [6.07, 6.45) is 5.96. The van der Waals surface area contributed by atoms with Crippen molar-refractivity contribution in [2.24, 2.45) is 34.5 Å². The second-order valence-electron chi connectivity index (χ2n) is 11.8. The van der Waals surface area contributed by atoms with Crippen molar-refractivity contribution >= 4 is 24.0 Å². The van der Waals surface area contributed by atoms with Crippen LogP contribution in [0.1, 0.15) is 65.2 Å². The van der Waals surface area contributed by atoms with Crippen molar-refractivity contribution in [1.29, 1.82) is 0 Å². The molecule has 0 aromatic rings. The molecule has 4 aliphatic carbocycles. The highest BCUT2D eigenvalue weighted by Gasteiger charge is 2.76. The van der Waals surface area contributed by atoms with Gasteiger partial charge in [0.05, 0.1) is 25.2 Å². The van der Waals surface area contributed by atoms with Gasteiger partial charge in [-0.15, -0.1) is 0 Å². The summed E-state index contributed by atoms with van der Waals surface area (Å²) >= 11 is 0. The fourth-order valence-corrected chi connectivity index (χ4v) is 9.14. The zero-order chi connectivity index (χ0) is 24.8. The number of cyclic esters (lactones) is 1. The Labute approximate surface area is 205 Å². The number of rotatable bonds is 4. The van der Waals surface area contributed by atoms with Gasteiger partial charge in [0.2, 0.25) is 5.78 Å². The van der Waals surface area contributed by atoms with E-state index in [1.54, 1.807) is 7.11 Å². The summed E-state index contributed by atoms with van der Waals surface area (Å²) in [6, 6.07) is 0. The van der Waals surface area contributed by atoms with E-state index in [1.807, 2.05) is 0 Å². The molecular weight excluding hydrogens is 452 g/mol. The fraction of sp³-hybridized carbons (Fsp3) is 0.778. The third-order valence-electron chi connectivity index (χ3n) is 10.4. The molecule has 8 nitrogen and oxygen atoms in total. The molecule has 3 unspecified atom stereocenters. The third-order valence-corrected chi connectivity index (χ3v) is 10.4. The van der Waals surface area contributed by atoms with Gasteiger partial charge >= 0.3 is 11.9 Å². The van der Waals surface area contributed by atoms with Gasteiger partial charge in [-0.3, -0.25) is 14.4 Å². The van der Waals surface area contributed by atoms with Crippen LogP contribution >= 0.6 is 0 Å². The first-order chi connectivity index (χ1) is 16.7. The Morgan fingerprint density at radius 1 is 1.11 bits per heavy atom. The monoisotopic (exact) mass is 486 g/mol. The fourth-order valence-electron chi connectivity index (χ4n) is 9.14. The van der Waals surface area contributed by atoms with Crippen molar-refractivity contribution in [1.82, 2.24) is 0 Å². The second kappa shape index (κ2) is 7.64. The number of hydrogen-bond donors (Lipinski definition) is 0. The number of Topliss-reactive ketones (excluding diaryl/α,β-unsaturated/α-hetero) is 1. The summed E-state index contributed by atoms with van der Waals surface area (Å²) in [5.74, 6) is -0.553. The number of epoxide rings is 1. The minimum atomic E-state index is -0.939. The van der Waals surface area contributed by atoms with Crippen LogP contribution < -0.4 is 0 Å². The van der Waals surface area contributed by atoms with Crippen molar-refractivity contribution < 1.29 is 38.1 Å². The Kier molecular flexibility index (Phi) is 5.06. The van der Waals surface area contributed by atoms with E-state index in [-0.39, 0.29) is 60.2 Å². The molecule has 0 radical (unpaired) electrons. The molecule has 190 valence electrons. The van der Waals surface area contributed by atoms with E-state index in [1.165, 1.54) is 6.92 Å². The summed E-state index contributed by atoms with van der Waals surface area (Å²) in [5, 5.41) is 0. The number of ether oxygens (including phenoxy) is 4. The van der Waals surface area contributed by atoms with Crippen LogP contribution in [0.5, 0.6) is 0 Å². The molecule has 0 aromatic carbocycles.